The molecule has 0 radical (unpaired) electrons. The average Bonchev–Trinajstić information content (AvgIpc) is 2.29. The molecule has 0 heterocycles. The van der Waals surface area contributed by atoms with Crippen LogP contribution in [-0.2, 0) is 10.0 Å². The zero-order valence-corrected chi connectivity index (χ0v) is 12.6. The maximum Gasteiger partial charge on any atom is 0.242 e. The minimum absolute atomic E-state index is 0.347. The van der Waals surface area contributed by atoms with Gasteiger partial charge >= 0.3 is 0 Å². The Hall–Kier alpha value is -0.390. The third-order valence-electron chi connectivity index (χ3n) is 2.60. The van der Waals surface area contributed by atoms with Gasteiger partial charge in [0.2, 0.25) is 10.0 Å². The first kappa shape index (κ1) is 14.7. The van der Waals surface area contributed by atoms with Crippen molar-refractivity contribution < 1.29 is 8.42 Å². The molecule has 0 unspecified atom stereocenters. The van der Waals surface area contributed by atoms with Gasteiger partial charge < -0.3 is 0 Å². The van der Waals surface area contributed by atoms with Gasteiger partial charge in [0.25, 0.3) is 0 Å². The quantitative estimate of drug-likeness (QED) is 0.755. The number of benzene rings is 1. The van der Waals surface area contributed by atoms with E-state index in [4.69, 9.17) is 0 Å². The van der Waals surface area contributed by atoms with Gasteiger partial charge in [0.1, 0.15) is 0 Å². The summed E-state index contributed by atoms with van der Waals surface area (Å²) in [7, 11) is -1.69. The number of rotatable bonds is 6. The third kappa shape index (κ3) is 4.08. The second-order valence-corrected chi connectivity index (χ2v) is 6.95. The lowest BCUT2D eigenvalue weighted by Gasteiger charge is -2.16. The van der Waals surface area contributed by atoms with Crippen molar-refractivity contribution >= 4 is 26.0 Å². The van der Waals surface area contributed by atoms with Crippen molar-refractivity contribution in [2.24, 2.45) is 0 Å². The van der Waals surface area contributed by atoms with Crippen molar-refractivity contribution in [2.75, 3.05) is 13.6 Å². The van der Waals surface area contributed by atoms with Crippen molar-refractivity contribution in [1.29, 1.82) is 0 Å². The molecule has 0 aliphatic rings. The van der Waals surface area contributed by atoms with Gasteiger partial charge in [0.05, 0.1) is 4.90 Å². The van der Waals surface area contributed by atoms with Crippen LogP contribution in [0.1, 0.15) is 26.2 Å². The van der Waals surface area contributed by atoms with Gasteiger partial charge in [-0.15, -0.1) is 0 Å². The molecule has 3 nitrogen and oxygen atoms in total. The topological polar surface area (TPSA) is 37.4 Å². The minimum Gasteiger partial charge on any atom is -0.207 e. The molecule has 0 aromatic heterocycles. The highest BCUT2D eigenvalue weighted by molar-refractivity contribution is 9.10. The molecule has 0 amide bonds. The fourth-order valence-electron chi connectivity index (χ4n) is 1.49. The Labute approximate surface area is 112 Å². The maximum atomic E-state index is 12.1. The fourth-order valence-corrected chi connectivity index (χ4v) is 2.96. The number of halogens is 1. The highest BCUT2D eigenvalue weighted by Gasteiger charge is 2.19. The summed E-state index contributed by atoms with van der Waals surface area (Å²) in [5, 5.41) is 0. The summed E-state index contributed by atoms with van der Waals surface area (Å²) in [5.41, 5.74) is 0. The first-order valence-corrected chi connectivity index (χ1v) is 7.93. The molecule has 0 aliphatic carbocycles. The first-order valence-electron chi connectivity index (χ1n) is 5.70. The van der Waals surface area contributed by atoms with E-state index in [1.807, 2.05) is 0 Å². The summed E-state index contributed by atoms with van der Waals surface area (Å²) in [4.78, 5) is 0.347. The van der Waals surface area contributed by atoms with Crippen molar-refractivity contribution in [1.82, 2.24) is 4.31 Å². The highest BCUT2D eigenvalue weighted by Crippen LogP contribution is 2.18. The van der Waals surface area contributed by atoms with E-state index in [0.29, 0.717) is 11.4 Å². The van der Waals surface area contributed by atoms with E-state index in [-0.39, 0.29) is 0 Å². The molecule has 0 N–H and O–H groups in total. The highest BCUT2D eigenvalue weighted by atomic mass is 79.9. The van der Waals surface area contributed by atoms with E-state index >= 15 is 0 Å². The Morgan fingerprint density at radius 3 is 2.29 bits per heavy atom. The molecule has 5 heteroatoms. The van der Waals surface area contributed by atoms with Gasteiger partial charge in [-0.25, -0.2) is 12.7 Å². The summed E-state index contributed by atoms with van der Waals surface area (Å²) in [6.07, 6.45) is 3.05. The Balaban J connectivity index is 2.76. The van der Waals surface area contributed by atoms with E-state index < -0.39 is 10.0 Å². The van der Waals surface area contributed by atoms with Gasteiger partial charge in [0, 0.05) is 18.1 Å². The van der Waals surface area contributed by atoms with Crippen LogP contribution in [0, 0.1) is 0 Å². The van der Waals surface area contributed by atoms with E-state index in [1.165, 1.54) is 4.31 Å². The molecule has 0 fully saturated rings. The number of sulfonamides is 1. The molecule has 0 atom stereocenters. The average molecular weight is 320 g/mol. The molecule has 17 heavy (non-hydrogen) atoms. The lowest BCUT2D eigenvalue weighted by molar-refractivity contribution is 0.454. The molecule has 96 valence electrons. The van der Waals surface area contributed by atoms with Crippen LogP contribution in [0.15, 0.2) is 33.6 Å². The molecule has 0 bridgehead atoms. The lowest BCUT2D eigenvalue weighted by atomic mass is 10.2. The van der Waals surface area contributed by atoms with Crippen LogP contribution in [0.25, 0.3) is 0 Å². The first-order chi connectivity index (χ1) is 7.98. The van der Waals surface area contributed by atoms with Gasteiger partial charge in [-0.1, -0.05) is 35.7 Å². The molecule has 0 saturated heterocycles. The second-order valence-electron chi connectivity index (χ2n) is 3.99. The number of hydrogen-bond acceptors (Lipinski definition) is 2. The normalized spacial score (nSPS) is 12.0. The van der Waals surface area contributed by atoms with Crippen LogP contribution in [-0.4, -0.2) is 26.3 Å². The van der Waals surface area contributed by atoms with Crippen LogP contribution in [0.3, 0.4) is 0 Å². The van der Waals surface area contributed by atoms with Gasteiger partial charge in [-0.2, -0.15) is 0 Å². The summed E-state index contributed by atoms with van der Waals surface area (Å²) in [5.74, 6) is 0. The van der Waals surface area contributed by atoms with Gasteiger partial charge in [-0.05, 0) is 30.7 Å². The smallest absolute Gasteiger partial charge is 0.207 e. The SMILES string of the molecule is CCCCCN(C)S(=O)(=O)c1ccc(Br)cc1. The van der Waals surface area contributed by atoms with E-state index in [1.54, 1.807) is 31.3 Å². The maximum absolute atomic E-state index is 12.1. The largest absolute Gasteiger partial charge is 0.242 e. The molecule has 0 saturated carbocycles. The summed E-state index contributed by atoms with van der Waals surface area (Å²) in [6, 6.07) is 6.73. The van der Waals surface area contributed by atoms with Crippen molar-refractivity contribution in [3.05, 3.63) is 28.7 Å². The van der Waals surface area contributed by atoms with Gasteiger partial charge in [0.15, 0.2) is 0 Å². The minimum atomic E-state index is -3.32. The van der Waals surface area contributed by atoms with Crippen molar-refractivity contribution in [3.8, 4) is 0 Å². The molecule has 0 spiro atoms. The summed E-state index contributed by atoms with van der Waals surface area (Å²) >= 11 is 3.29. The standard InChI is InChI=1S/C12H18BrNO2S/c1-3-4-5-10-14(2)17(15,16)12-8-6-11(13)7-9-12/h6-9H,3-5,10H2,1-2H3. The van der Waals surface area contributed by atoms with E-state index in [2.05, 4.69) is 22.9 Å². The summed E-state index contributed by atoms with van der Waals surface area (Å²) in [6.45, 7) is 2.68. The third-order valence-corrected chi connectivity index (χ3v) is 5.00. The Kier molecular flexibility index (Phi) is 5.62. The Morgan fingerprint density at radius 2 is 1.76 bits per heavy atom. The van der Waals surface area contributed by atoms with Crippen molar-refractivity contribution in [3.63, 3.8) is 0 Å². The molecule has 1 rings (SSSR count). The molecule has 0 aliphatic heterocycles. The summed E-state index contributed by atoms with van der Waals surface area (Å²) < 4.78 is 26.6. The predicted molar refractivity (Wildman–Crippen MR) is 73.5 cm³/mol. The number of nitrogens with zero attached hydrogens (tertiary/aromatic N) is 1. The Bertz CT molecular complexity index is 442. The number of hydrogen-bond donors (Lipinski definition) is 0. The zero-order valence-electron chi connectivity index (χ0n) is 10.2. The van der Waals surface area contributed by atoms with Crippen LogP contribution in [0.2, 0.25) is 0 Å². The van der Waals surface area contributed by atoms with Crippen LogP contribution in [0.5, 0.6) is 0 Å². The van der Waals surface area contributed by atoms with E-state index in [0.717, 1.165) is 23.7 Å². The number of unbranched alkanes of at least 4 members (excludes halogenated alkanes) is 2. The zero-order chi connectivity index (χ0) is 12.9. The van der Waals surface area contributed by atoms with E-state index in [9.17, 15) is 8.42 Å². The molecule has 1 aromatic carbocycles. The molecular weight excluding hydrogens is 302 g/mol. The molecule has 1 aromatic rings. The van der Waals surface area contributed by atoms with Crippen molar-refractivity contribution in [2.45, 2.75) is 31.1 Å². The second kappa shape index (κ2) is 6.52. The van der Waals surface area contributed by atoms with Crippen LogP contribution >= 0.6 is 15.9 Å². The fraction of sp³-hybridized carbons (Fsp3) is 0.500. The van der Waals surface area contributed by atoms with Crippen LogP contribution < -0.4 is 0 Å². The Morgan fingerprint density at radius 1 is 1.18 bits per heavy atom. The van der Waals surface area contributed by atoms with Crippen LogP contribution in [0.4, 0.5) is 0 Å². The molecular formula is C12H18BrNO2S. The van der Waals surface area contributed by atoms with Gasteiger partial charge in [-0.3, -0.25) is 0 Å². The predicted octanol–water partition coefficient (Wildman–Crippen LogP) is 3.26. The lowest BCUT2D eigenvalue weighted by Crippen LogP contribution is -2.27. The monoisotopic (exact) mass is 319 g/mol.